The van der Waals surface area contributed by atoms with Crippen LogP contribution in [0.2, 0.25) is 0 Å². The van der Waals surface area contributed by atoms with Crippen LogP contribution in [0.3, 0.4) is 0 Å². The van der Waals surface area contributed by atoms with Crippen molar-refractivity contribution in [3.05, 3.63) is 35.4 Å². The minimum absolute atomic E-state index is 0.136. The van der Waals surface area contributed by atoms with Gasteiger partial charge in [0, 0.05) is 19.5 Å². The van der Waals surface area contributed by atoms with Gasteiger partial charge in [0.2, 0.25) is 5.91 Å². The normalized spacial score (nSPS) is 21.8. The average molecular weight is 296 g/mol. The Morgan fingerprint density at radius 1 is 1.45 bits per heavy atom. The summed E-state index contributed by atoms with van der Waals surface area (Å²) in [5.41, 5.74) is 2.25. The smallest absolute Gasteiger partial charge is 0.274 e. The summed E-state index contributed by atoms with van der Waals surface area (Å²) < 4.78 is 26.9. The summed E-state index contributed by atoms with van der Waals surface area (Å²) in [5, 5.41) is 0. The summed E-state index contributed by atoms with van der Waals surface area (Å²) in [6, 6.07) is 7.99. The lowest BCUT2D eigenvalue weighted by molar-refractivity contribution is -0.120. The van der Waals surface area contributed by atoms with Crippen molar-refractivity contribution < 1.29 is 13.2 Å². The van der Waals surface area contributed by atoms with E-state index in [2.05, 4.69) is 4.72 Å². The predicted molar refractivity (Wildman–Crippen MR) is 77.4 cm³/mol. The van der Waals surface area contributed by atoms with Crippen LogP contribution in [0.1, 0.15) is 30.4 Å². The van der Waals surface area contributed by atoms with E-state index < -0.39 is 16.1 Å². The van der Waals surface area contributed by atoms with Crippen LogP contribution in [-0.2, 0) is 15.0 Å². The second kappa shape index (κ2) is 5.54. The Bertz CT molecular complexity index is 613. The molecule has 1 fully saturated rings. The molecule has 0 aliphatic heterocycles. The first-order valence-electron chi connectivity index (χ1n) is 6.69. The van der Waals surface area contributed by atoms with Gasteiger partial charge in [0.1, 0.15) is 0 Å². The van der Waals surface area contributed by atoms with Crippen LogP contribution < -0.4 is 4.72 Å². The number of benzene rings is 1. The van der Waals surface area contributed by atoms with E-state index >= 15 is 0 Å². The summed E-state index contributed by atoms with van der Waals surface area (Å²) in [6.07, 6.45) is 0.709. The fraction of sp³-hybridized carbons (Fsp3) is 0.500. The zero-order chi connectivity index (χ0) is 14.9. The molecular weight excluding hydrogens is 276 g/mol. The van der Waals surface area contributed by atoms with Crippen molar-refractivity contribution in [3.63, 3.8) is 0 Å². The lowest BCUT2D eigenvalue weighted by atomic mass is 10.1. The summed E-state index contributed by atoms with van der Waals surface area (Å²) in [4.78, 5) is 12.0. The Hall–Kier alpha value is -1.40. The van der Waals surface area contributed by atoms with Gasteiger partial charge in [-0.15, -0.1) is 0 Å². The molecule has 1 aliphatic rings. The van der Waals surface area contributed by atoms with E-state index in [0.29, 0.717) is 13.0 Å². The van der Waals surface area contributed by atoms with Crippen LogP contribution in [0.5, 0.6) is 0 Å². The largest absolute Gasteiger partial charge is 0.303 e. The van der Waals surface area contributed by atoms with Crippen molar-refractivity contribution in [2.24, 2.45) is 5.92 Å². The van der Waals surface area contributed by atoms with Crippen LogP contribution in [-0.4, -0.2) is 32.2 Å². The summed E-state index contributed by atoms with van der Waals surface area (Å²) in [7, 11) is -2.25. The molecule has 2 rings (SSSR count). The second-order valence-electron chi connectivity index (χ2n) is 5.25. The monoisotopic (exact) mass is 296 g/mol. The molecule has 1 aromatic rings. The Morgan fingerprint density at radius 2 is 2.15 bits per heavy atom. The van der Waals surface area contributed by atoms with Gasteiger partial charge in [-0.05, 0) is 24.8 Å². The molecule has 5 nitrogen and oxygen atoms in total. The number of nitrogens with one attached hydrogen (secondary N) is 1. The van der Waals surface area contributed by atoms with Gasteiger partial charge in [0.15, 0.2) is 0 Å². The summed E-state index contributed by atoms with van der Waals surface area (Å²) in [5.74, 6) is -0.509. The number of hydrogen-bond donors (Lipinski definition) is 1. The van der Waals surface area contributed by atoms with E-state index in [-0.39, 0.29) is 11.8 Å². The van der Waals surface area contributed by atoms with Gasteiger partial charge in [0.25, 0.3) is 0 Å². The standard InChI is InChI=1S/C14H20N2O3S/c1-4-16(3)20(18,19)15-14(17)13-9-12(13)11-7-5-6-10(2)8-11/h5-8,12-13H,4,9H2,1-3H3,(H,15,17)/t12-,13-/m0/s1. The number of aryl methyl sites for hydroxylation is 1. The molecule has 0 aromatic heterocycles. The Kier molecular flexibility index (Phi) is 4.15. The highest BCUT2D eigenvalue weighted by atomic mass is 32.2. The number of carbonyl (C=O) groups is 1. The highest BCUT2D eigenvalue weighted by molar-refractivity contribution is 7.87. The summed E-state index contributed by atoms with van der Waals surface area (Å²) in [6.45, 7) is 4.05. The number of rotatable bonds is 5. The van der Waals surface area contributed by atoms with Gasteiger partial charge < -0.3 is 0 Å². The molecule has 0 saturated heterocycles. The molecule has 6 heteroatoms. The van der Waals surface area contributed by atoms with Crippen molar-refractivity contribution >= 4 is 16.1 Å². The van der Waals surface area contributed by atoms with Crippen LogP contribution in [0.4, 0.5) is 0 Å². The third-order valence-corrected chi connectivity index (χ3v) is 5.22. The molecule has 20 heavy (non-hydrogen) atoms. The van der Waals surface area contributed by atoms with Crippen molar-refractivity contribution in [1.82, 2.24) is 9.03 Å². The zero-order valence-corrected chi connectivity index (χ0v) is 12.8. The fourth-order valence-corrected chi connectivity index (χ4v) is 3.11. The highest BCUT2D eigenvalue weighted by Gasteiger charge is 2.45. The van der Waals surface area contributed by atoms with Crippen molar-refractivity contribution in [3.8, 4) is 0 Å². The second-order valence-corrected chi connectivity index (χ2v) is 7.03. The molecule has 0 heterocycles. The quantitative estimate of drug-likeness (QED) is 0.893. The maximum Gasteiger partial charge on any atom is 0.303 e. The average Bonchev–Trinajstić information content (AvgIpc) is 3.17. The molecular formula is C14H20N2O3S. The van der Waals surface area contributed by atoms with Gasteiger partial charge in [-0.25, -0.2) is 4.72 Å². The maximum absolute atomic E-state index is 12.0. The first-order valence-corrected chi connectivity index (χ1v) is 8.13. The Labute approximate surface area is 120 Å². The first kappa shape index (κ1) is 15.0. The summed E-state index contributed by atoms with van der Waals surface area (Å²) >= 11 is 0. The maximum atomic E-state index is 12.0. The van der Waals surface area contributed by atoms with E-state index in [1.807, 2.05) is 31.2 Å². The van der Waals surface area contributed by atoms with E-state index in [1.165, 1.54) is 7.05 Å². The van der Waals surface area contributed by atoms with E-state index in [9.17, 15) is 13.2 Å². The highest BCUT2D eigenvalue weighted by Crippen LogP contribution is 2.47. The lowest BCUT2D eigenvalue weighted by Crippen LogP contribution is -2.42. The number of nitrogens with zero attached hydrogens (tertiary/aromatic N) is 1. The minimum atomic E-state index is -3.69. The van der Waals surface area contributed by atoms with Gasteiger partial charge in [-0.3, -0.25) is 4.79 Å². The SMILES string of the molecule is CCN(C)S(=O)(=O)NC(=O)[C@H]1C[C@H]1c1cccc(C)c1. The van der Waals surface area contributed by atoms with E-state index in [4.69, 9.17) is 0 Å². The van der Waals surface area contributed by atoms with Crippen molar-refractivity contribution in [2.45, 2.75) is 26.2 Å². The van der Waals surface area contributed by atoms with Crippen molar-refractivity contribution in [2.75, 3.05) is 13.6 Å². The van der Waals surface area contributed by atoms with Crippen molar-refractivity contribution in [1.29, 1.82) is 0 Å². The predicted octanol–water partition coefficient (Wildman–Crippen LogP) is 1.41. The molecule has 110 valence electrons. The minimum Gasteiger partial charge on any atom is -0.274 e. The first-order chi connectivity index (χ1) is 9.35. The molecule has 1 saturated carbocycles. The molecule has 1 aromatic carbocycles. The van der Waals surface area contributed by atoms with Crippen LogP contribution in [0.25, 0.3) is 0 Å². The van der Waals surface area contributed by atoms with E-state index in [0.717, 1.165) is 15.4 Å². The number of amides is 1. The molecule has 0 bridgehead atoms. The van der Waals surface area contributed by atoms with Crippen LogP contribution in [0, 0.1) is 12.8 Å². The topological polar surface area (TPSA) is 66.5 Å². The molecule has 2 atom stereocenters. The third kappa shape index (κ3) is 3.19. The van der Waals surface area contributed by atoms with Crippen LogP contribution >= 0.6 is 0 Å². The Balaban J connectivity index is 2.00. The molecule has 1 amide bonds. The van der Waals surface area contributed by atoms with E-state index in [1.54, 1.807) is 6.92 Å². The van der Waals surface area contributed by atoms with Gasteiger partial charge >= 0.3 is 10.2 Å². The van der Waals surface area contributed by atoms with Gasteiger partial charge in [-0.2, -0.15) is 12.7 Å². The number of carbonyl (C=O) groups excluding carboxylic acids is 1. The molecule has 0 radical (unpaired) electrons. The third-order valence-electron chi connectivity index (χ3n) is 3.68. The molecule has 1 N–H and O–H groups in total. The molecule has 1 aliphatic carbocycles. The lowest BCUT2D eigenvalue weighted by Gasteiger charge is -2.15. The van der Waals surface area contributed by atoms with Gasteiger partial charge in [-0.1, -0.05) is 36.8 Å². The Morgan fingerprint density at radius 3 is 2.75 bits per heavy atom. The molecule has 0 spiro atoms. The molecule has 0 unspecified atom stereocenters. The van der Waals surface area contributed by atoms with Crippen LogP contribution in [0.15, 0.2) is 24.3 Å². The zero-order valence-electron chi connectivity index (χ0n) is 12.0. The fourth-order valence-electron chi connectivity index (χ4n) is 2.20. The number of hydrogen-bond acceptors (Lipinski definition) is 3. The van der Waals surface area contributed by atoms with Gasteiger partial charge in [0.05, 0.1) is 0 Å².